The Morgan fingerprint density at radius 2 is 2.15 bits per heavy atom. The van der Waals surface area contributed by atoms with E-state index in [1.54, 1.807) is 12.1 Å². The molecule has 1 unspecified atom stereocenters. The molecule has 0 saturated heterocycles. The van der Waals surface area contributed by atoms with Gasteiger partial charge in [-0.1, -0.05) is 6.42 Å². The Morgan fingerprint density at radius 1 is 1.25 bits per heavy atom. The molecule has 2 aliphatic carbocycles. The number of aryl methyl sites for hydroxylation is 1. The van der Waals surface area contributed by atoms with E-state index in [2.05, 4.69) is 10.3 Å². The van der Waals surface area contributed by atoms with E-state index < -0.39 is 0 Å². The number of hydrogen-bond donors (Lipinski definition) is 2. The molecule has 1 heterocycles. The molecule has 0 spiro atoms. The second-order valence-electron chi connectivity index (χ2n) is 6.42. The number of aromatic amines is 1. The van der Waals surface area contributed by atoms with Gasteiger partial charge in [0.2, 0.25) is 0 Å². The standard InChI is InChI=1S/C17H21FN2/c18-12-5-7-17-15(9-12)14-8-11(4-6-16(14)20-17)10-19-13-2-1-3-13/h5,7,9,11,13,19-20H,1-4,6,8,10H2. The number of nitrogens with one attached hydrogen (secondary N) is 2. The zero-order valence-electron chi connectivity index (χ0n) is 11.7. The molecule has 1 fully saturated rings. The lowest BCUT2D eigenvalue weighted by Crippen LogP contribution is -2.39. The first-order valence-electron chi connectivity index (χ1n) is 7.82. The summed E-state index contributed by atoms with van der Waals surface area (Å²) in [4.78, 5) is 3.46. The predicted molar refractivity (Wildman–Crippen MR) is 79.4 cm³/mol. The maximum absolute atomic E-state index is 13.5. The number of hydrogen-bond acceptors (Lipinski definition) is 1. The number of halogens is 1. The molecule has 2 N–H and O–H groups in total. The van der Waals surface area contributed by atoms with Gasteiger partial charge in [0.15, 0.2) is 0 Å². The lowest BCUT2D eigenvalue weighted by atomic mass is 9.85. The number of fused-ring (bicyclic) bond motifs is 3. The van der Waals surface area contributed by atoms with Gasteiger partial charge in [-0.05, 0) is 68.3 Å². The van der Waals surface area contributed by atoms with E-state index in [0.29, 0.717) is 5.92 Å². The van der Waals surface area contributed by atoms with Crippen LogP contribution in [0.15, 0.2) is 18.2 Å². The van der Waals surface area contributed by atoms with Gasteiger partial charge in [0.1, 0.15) is 5.82 Å². The Hall–Kier alpha value is -1.35. The molecule has 20 heavy (non-hydrogen) atoms. The van der Waals surface area contributed by atoms with Crippen LogP contribution >= 0.6 is 0 Å². The van der Waals surface area contributed by atoms with Crippen molar-refractivity contribution in [1.82, 2.24) is 10.3 Å². The normalized spacial score (nSPS) is 22.8. The van der Waals surface area contributed by atoms with Crippen LogP contribution < -0.4 is 5.32 Å². The fraction of sp³-hybridized carbons (Fsp3) is 0.529. The minimum absolute atomic E-state index is 0.131. The van der Waals surface area contributed by atoms with Crippen molar-refractivity contribution >= 4 is 10.9 Å². The summed E-state index contributed by atoms with van der Waals surface area (Å²) in [7, 11) is 0. The maximum Gasteiger partial charge on any atom is 0.123 e. The summed E-state index contributed by atoms with van der Waals surface area (Å²) in [5.41, 5.74) is 3.76. The highest BCUT2D eigenvalue weighted by Gasteiger charge is 2.24. The van der Waals surface area contributed by atoms with E-state index in [-0.39, 0.29) is 5.82 Å². The fourth-order valence-electron chi connectivity index (χ4n) is 3.58. The van der Waals surface area contributed by atoms with E-state index in [0.717, 1.165) is 36.3 Å². The third kappa shape index (κ3) is 2.14. The minimum Gasteiger partial charge on any atom is -0.358 e. The van der Waals surface area contributed by atoms with Crippen molar-refractivity contribution in [2.24, 2.45) is 5.92 Å². The summed E-state index contributed by atoms with van der Waals surface area (Å²) in [5, 5.41) is 4.78. The second-order valence-corrected chi connectivity index (χ2v) is 6.42. The van der Waals surface area contributed by atoms with Gasteiger partial charge < -0.3 is 10.3 Å². The predicted octanol–water partition coefficient (Wildman–Crippen LogP) is 3.55. The Morgan fingerprint density at radius 3 is 2.95 bits per heavy atom. The van der Waals surface area contributed by atoms with Gasteiger partial charge in [-0.3, -0.25) is 0 Å². The van der Waals surface area contributed by atoms with Gasteiger partial charge in [0.25, 0.3) is 0 Å². The zero-order chi connectivity index (χ0) is 13.5. The lowest BCUT2D eigenvalue weighted by molar-refractivity contribution is 0.305. The van der Waals surface area contributed by atoms with Gasteiger partial charge in [-0.2, -0.15) is 0 Å². The van der Waals surface area contributed by atoms with Crippen LogP contribution in [-0.2, 0) is 12.8 Å². The van der Waals surface area contributed by atoms with Gasteiger partial charge in [-0.15, -0.1) is 0 Å². The summed E-state index contributed by atoms with van der Waals surface area (Å²) < 4.78 is 13.5. The van der Waals surface area contributed by atoms with Crippen LogP contribution in [0.2, 0.25) is 0 Å². The molecule has 3 heteroatoms. The molecule has 0 bridgehead atoms. The smallest absolute Gasteiger partial charge is 0.123 e. The van der Waals surface area contributed by atoms with Crippen LogP contribution in [0.25, 0.3) is 10.9 Å². The maximum atomic E-state index is 13.5. The van der Waals surface area contributed by atoms with E-state index in [9.17, 15) is 4.39 Å². The molecule has 0 aliphatic heterocycles. The largest absolute Gasteiger partial charge is 0.358 e. The molecule has 106 valence electrons. The monoisotopic (exact) mass is 272 g/mol. The Balaban J connectivity index is 1.54. The number of rotatable bonds is 3. The summed E-state index contributed by atoms with van der Waals surface area (Å²) in [6.07, 6.45) is 7.49. The highest BCUT2D eigenvalue weighted by atomic mass is 19.1. The molecule has 0 radical (unpaired) electrons. The zero-order valence-corrected chi connectivity index (χ0v) is 11.7. The van der Waals surface area contributed by atoms with Gasteiger partial charge in [0, 0.05) is 22.6 Å². The van der Waals surface area contributed by atoms with Crippen LogP contribution in [-0.4, -0.2) is 17.6 Å². The molecular formula is C17H21FN2. The van der Waals surface area contributed by atoms with Gasteiger partial charge in [-0.25, -0.2) is 4.39 Å². The summed E-state index contributed by atoms with van der Waals surface area (Å²) >= 11 is 0. The highest BCUT2D eigenvalue weighted by Crippen LogP contribution is 2.32. The molecule has 1 saturated carbocycles. The van der Waals surface area contributed by atoms with Crippen molar-refractivity contribution in [2.45, 2.75) is 44.6 Å². The lowest BCUT2D eigenvalue weighted by Gasteiger charge is -2.30. The van der Waals surface area contributed by atoms with Gasteiger partial charge in [0.05, 0.1) is 0 Å². The molecule has 2 aromatic rings. The van der Waals surface area contributed by atoms with Crippen LogP contribution in [0, 0.1) is 11.7 Å². The van der Waals surface area contributed by atoms with Crippen molar-refractivity contribution in [2.75, 3.05) is 6.54 Å². The molecule has 1 atom stereocenters. The molecule has 1 aromatic heterocycles. The van der Waals surface area contributed by atoms with Crippen LogP contribution in [0.1, 0.15) is 36.9 Å². The van der Waals surface area contributed by atoms with Crippen LogP contribution in [0.3, 0.4) is 0 Å². The van der Waals surface area contributed by atoms with Crippen molar-refractivity contribution in [3.05, 3.63) is 35.3 Å². The minimum atomic E-state index is -0.131. The first-order valence-corrected chi connectivity index (χ1v) is 7.82. The summed E-state index contributed by atoms with van der Waals surface area (Å²) in [5.74, 6) is 0.569. The molecule has 4 rings (SSSR count). The van der Waals surface area contributed by atoms with Gasteiger partial charge >= 0.3 is 0 Å². The third-order valence-electron chi connectivity index (χ3n) is 5.05. The Labute approximate surface area is 118 Å². The van der Waals surface area contributed by atoms with Crippen LogP contribution in [0.5, 0.6) is 0 Å². The number of benzene rings is 1. The summed E-state index contributed by atoms with van der Waals surface area (Å²) in [6.45, 7) is 1.12. The average molecular weight is 272 g/mol. The molecule has 2 aliphatic rings. The summed E-state index contributed by atoms with van der Waals surface area (Å²) in [6, 6.07) is 5.86. The average Bonchev–Trinajstić information content (AvgIpc) is 2.74. The molecule has 0 amide bonds. The highest BCUT2D eigenvalue weighted by molar-refractivity contribution is 5.85. The number of H-pyrrole nitrogens is 1. The SMILES string of the molecule is Fc1ccc2[nH]c3c(c2c1)CC(CNC1CCC1)CC3. The topological polar surface area (TPSA) is 27.8 Å². The van der Waals surface area contributed by atoms with E-state index in [1.165, 1.54) is 36.9 Å². The van der Waals surface area contributed by atoms with Crippen LogP contribution in [0.4, 0.5) is 4.39 Å². The molecular weight excluding hydrogens is 251 g/mol. The van der Waals surface area contributed by atoms with Crippen molar-refractivity contribution < 1.29 is 4.39 Å². The second kappa shape index (κ2) is 4.88. The third-order valence-corrected chi connectivity index (χ3v) is 5.05. The quantitative estimate of drug-likeness (QED) is 0.878. The van der Waals surface area contributed by atoms with E-state index in [4.69, 9.17) is 0 Å². The molecule has 1 aromatic carbocycles. The van der Waals surface area contributed by atoms with Crippen molar-refractivity contribution in [1.29, 1.82) is 0 Å². The molecule has 2 nitrogen and oxygen atoms in total. The Bertz CT molecular complexity index is 627. The first-order chi connectivity index (χ1) is 9.79. The van der Waals surface area contributed by atoms with Crippen molar-refractivity contribution in [3.63, 3.8) is 0 Å². The van der Waals surface area contributed by atoms with E-state index >= 15 is 0 Å². The fourth-order valence-corrected chi connectivity index (χ4v) is 3.58. The van der Waals surface area contributed by atoms with E-state index in [1.807, 2.05) is 6.07 Å². The first kappa shape index (κ1) is 12.4. The van der Waals surface area contributed by atoms with Crippen molar-refractivity contribution in [3.8, 4) is 0 Å². The Kier molecular flexibility index (Phi) is 3.03. The number of aromatic nitrogens is 1.